The average molecular weight is 501 g/mol. The SMILES string of the molecule is COCC(F)(F)c1ccc(CC(=O)Nc2ccc(C(=O)N(C)C(C)c3ccc(Cl)cc3)cc2)cc1. The van der Waals surface area contributed by atoms with Crippen LogP contribution >= 0.6 is 11.6 Å². The smallest absolute Gasteiger partial charge is 0.296 e. The fourth-order valence-corrected chi connectivity index (χ4v) is 3.69. The molecule has 1 atom stereocenters. The molecule has 0 aliphatic rings. The minimum Gasteiger partial charge on any atom is -0.378 e. The van der Waals surface area contributed by atoms with E-state index in [0.717, 1.165) is 5.56 Å². The van der Waals surface area contributed by atoms with Crippen molar-refractivity contribution < 1.29 is 23.1 Å². The highest BCUT2D eigenvalue weighted by molar-refractivity contribution is 6.30. The molecule has 0 heterocycles. The standard InChI is InChI=1S/C27H27ClF2N2O3/c1-18(20-6-12-23(28)13-7-20)32(2)26(34)21-8-14-24(15-9-21)31-25(33)16-19-4-10-22(11-5-19)27(29,30)17-35-3/h4-15,18H,16-17H2,1-3H3,(H,31,33). The summed E-state index contributed by atoms with van der Waals surface area (Å²) in [4.78, 5) is 26.9. The number of hydrogen-bond acceptors (Lipinski definition) is 3. The fourth-order valence-electron chi connectivity index (χ4n) is 3.56. The van der Waals surface area contributed by atoms with E-state index in [1.807, 2.05) is 19.1 Å². The topological polar surface area (TPSA) is 58.6 Å². The monoisotopic (exact) mass is 500 g/mol. The number of rotatable bonds is 9. The first-order valence-electron chi connectivity index (χ1n) is 11.0. The number of benzene rings is 3. The van der Waals surface area contributed by atoms with Gasteiger partial charge in [0.1, 0.15) is 6.61 Å². The molecule has 0 aliphatic heterocycles. The van der Waals surface area contributed by atoms with Gasteiger partial charge in [-0.05, 0) is 54.4 Å². The first kappa shape index (κ1) is 26.3. The summed E-state index contributed by atoms with van der Waals surface area (Å²) in [5.74, 6) is -3.54. The minimum atomic E-state index is -3.09. The molecule has 3 aromatic carbocycles. The summed E-state index contributed by atoms with van der Waals surface area (Å²) >= 11 is 5.94. The van der Waals surface area contributed by atoms with Crippen molar-refractivity contribution in [1.29, 1.82) is 0 Å². The predicted octanol–water partition coefficient (Wildman–Crippen LogP) is 6.09. The lowest BCUT2D eigenvalue weighted by molar-refractivity contribution is -0.115. The maximum absolute atomic E-state index is 13.9. The first-order chi connectivity index (χ1) is 16.6. The van der Waals surface area contributed by atoms with Gasteiger partial charge in [-0.25, -0.2) is 0 Å². The Morgan fingerprint density at radius 1 is 1.00 bits per heavy atom. The summed E-state index contributed by atoms with van der Waals surface area (Å²) in [6.45, 7) is 1.22. The molecule has 8 heteroatoms. The van der Waals surface area contributed by atoms with Crippen molar-refractivity contribution in [2.24, 2.45) is 0 Å². The lowest BCUT2D eigenvalue weighted by atomic mass is 10.0. The van der Waals surface area contributed by atoms with Crippen LogP contribution in [0.25, 0.3) is 0 Å². The van der Waals surface area contributed by atoms with E-state index in [9.17, 15) is 18.4 Å². The number of carbonyl (C=O) groups is 2. The maximum Gasteiger partial charge on any atom is 0.296 e. The Labute approximate surface area is 208 Å². The Bertz CT molecular complexity index is 1150. The maximum atomic E-state index is 13.9. The normalized spacial score (nSPS) is 12.2. The number of hydrogen-bond donors (Lipinski definition) is 1. The highest BCUT2D eigenvalue weighted by Crippen LogP contribution is 2.28. The molecule has 1 N–H and O–H groups in total. The van der Waals surface area contributed by atoms with Crippen molar-refractivity contribution in [1.82, 2.24) is 4.90 Å². The summed E-state index contributed by atoms with van der Waals surface area (Å²) < 4.78 is 32.3. The van der Waals surface area contributed by atoms with Gasteiger partial charge in [0.15, 0.2) is 0 Å². The van der Waals surface area contributed by atoms with Crippen molar-refractivity contribution >= 4 is 29.1 Å². The lowest BCUT2D eigenvalue weighted by Gasteiger charge is -2.25. The molecule has 1 unspecified atom stereocenters. The van der Waals surface area contributed by atoms with Crippen LogP contribution in [0.5, 0.6) is 0 Å². The number of nitrogens with zero attached hydrogens (tertiary/aromatic N) is 1. The van der Waals surface area contributed by atoms with Crippen LogP contribution in [-0.2, 0) is 21.9 Å². The van der Waals surface area contributed by atoms with Crippen LogP contribution in [0.15, 0.2) is 72.8 Å². The molecule has 184 valence electrons. The number of halogens is 3. The molecule has 0 saturated heterocycles. The van der Waals surface area contributed by atoms with Crippen LogP contribution in [0.4, 0.5) is 14.5 Å². The molecule has 5 nitrogen and oxygen atoms in total. The van der Waals surface area contributed by atoms with Crippen LogP contribution < -0.4 is 5.32 Å². The number of alkyl halides is 2. The van der Waals surface area contributed by atoms with E-state index in [0.29, 0.717) is 21.8 Å². The van der Waals surface area contributed by atoms with Crippen molar-refractivity contribution in [3.63, 3.8) is 0 Å². The number of ether oxygens (including phenoxy) is 1. The van der Waals surface area contributed by atoms with Crippen LogP contribution in [0.2, 0.25) is 5.02 Å². The van der Waals surface area contributed by atoms with Gasteiger partial charge in [-0.1, -0.05) is 48.0 Å². The number of carbonyl (C=O) groups excluding carboxylic acids is 2. The number of methoxy groups -OCH3 is 1. The van der Waals surface area contributed by atoms with Gasteiger partial charge in [0.05, 0.1) is 12.5 Å². The van der Waals surface area contributed by atoms with Gasteiger partial charge in [0.2, 0.25) is 5.91 Å². The Morgan fingerprint density at radius 3 is 2.17 bits per heavy atom. The second-order valence-electron chi connectivity index (χ2n) is 8.28. The molecule has 0 fully saturated rings. The van der Waals surface area contributed by atoms with Crippen LogP contribution in [0, 0.1) is 0 Å². The zero-order valence-corrected chi connectivity index (χ0v) is 20.5. The van der Waals surface area contributed by atoms with Crippen LogP contribution in [-0.4, -0.2) is 37.5 Å². The molecule has 3 rings (SSSR count). The minimum absolute atomic E-state index is 0.0259. The van der Waals surface area contributed by atoms with E-state index >= 15 is 0 Å². The zero-order valence-electron chi connectivity index (χ0n) is 19.7. The highest BCUT2D eigenvalue weighted by atomic mass is 35.5. The average Bonchev–Trinajstić information content (AvgIpc) is 2.84. The molecule has 0 radical (unpaired) electrons. The first-order valence-corrected chi connectivity index (χ1v) is 11.4. The number of anilines is 1. The molecule has 35 heavy (non-hydrogen) atoms. The third kappa shape index (κ3) is 6.87. The number of amides is 2. The second kappa shape index (κ2) is 11.4. The quantitative estimate of drug-likeness (QED) is 0.386. The van der Waals surface area contributed by atoms with E-state index in [2.05, 4.69) is 10.1 Å². The molecular weight excluding hydrogens is 474 g/mol. The van der Waals surface area contributed by atoms with Crippen LogP contribution in [0.3, 0.4) is 0 Å². The Morgan fingerprint density at radius 2 is 1.60 bits per heavy atom. The largest absolute Gasteiger partial charge is 0.378 e. The zero-order chi connectivity index (χ0) is 25.6. The van der Waals surface area contributed by atoms with Gasteiger partial charge >= 0.3 is 0 Å². The summed E-state index contributed by atoms with van der Waals surface area (Å²) in [6.07, 6.45) is 0.0259. The van der Waals surface area contributed by atoms with E-state index in [-0.39, 0.29) is 29.8 Å². The molecule has 0 spiro atoms. The fraction of sp³-hybridized carbons (Fsp3) is 0.259. The highest BCUT2D eigenvalue weighted by Gasteiger charge is 2.31. The van der Waals surface area contributed by atoms with Gasteiger partial charge < -0.3 is 15.0 Å². The van der Waals surface area contributed by atoms with E-state index < -0.39 is 12.5 Å². The molecule has 3 aromatic rings. The van der Waals surface area contributed by atoms with Gasteiger partial charge in [-0.3, -0.25) is 9.59 Å². The van der Waals surface area contributed by atoms with Crippen molar-refractivity contribution in [2.75, 3.05) is 26.1 Å². The molecule has 0 saturated carbocycles. The summed E-state index contributed by atoms with van der Waals surface area (Å²) in [7, 11) is 2.95. The van der Waals surface area contributed by atoms with Gasteiger partial charge in [-0.2, -0.15) is 8.78 Å². The van der Waals surface area contributed by atoms with E-state index in [1.54, 1.807) is 48.3 Å². The summed E-state index contributed by atoms with van der Waals surface area (Å²) in [5.41, 5.74) is 2.41. The van der Waals surface area contributed by atoms with Gasteiger partial charge in [0, 0.05) is 36.0 Å². The summed E-state index contributed by atoms with van der Waals surface area (Å²) in [5, 5.41) is 3.39. The Balaban J connectivity index is 1.58. The van der Waals surface area contributed by atoms with Crippen LogP contribution in [0.1, 0.15) is 40.0 Å². The number of nitrogens with one attached hydrogen (secondary N) is 1. The third-order valence-electron chi connectivity index (χ3n) is 5.74. The molecular formula is C27H27ClF2N2O3. The molecule has 0 aromatic heterocycles. The van der Waals surface area contributed by atoms with E-state index in [4.69, 9.17) is 11.6 Å². The molecule has 0 bridgehead atoms. The van der Waals surface area contributed by atoms with E-state index in [1.165, 1.54) is 31.4 Å². The Hall–Kier alpha value is -3.29. The summed E-state index contributed by atoms with van der Waals surface area (Å²) in [6, 6.07) is 19.4. The third-order valence-corrected chi connectivity index (χ3v) is 5.99. The van der Waals surface area contributed by atoms with Gasteiger partial charge in [-0.15, -0.1) is 0 Å². The molecule has 0 aliphatic carbocycles. The lowest BCUT2D eigenvalue weighted by Crippen LogP contribution is -2.29. The van der Waals surface area contributed by atoms with Crippen molar-refractivity contribution in [3.05, 3.63) is 100 Å². The van der Waals surface area contributed by atoms with Crippen molar-refractivity contribution in [3.8, 4) is 0 Å². The van der Waals surface area contributed by atoms with Crippen molar-refractivity contribution in [2.45, 2.75) is 25.3 Å². The molecule has 2 amide bonds. The van der Waals surface area contributed by atoms with Gasteiger partial charge in [0.25, 0.3) is 11.8 Å². The Kier molecular flexibility index (Phi) is 8.59. The second-order valence-corrected chi connectivity index (χ2v) is 8.72. The predicted molar refractivity (Wildman–Crippen MR) is 133 cm³/mol.